The fourth-order valence-corrected chi connectivity index (χ4v) is 4.78. The highest BCUT2D eigenvalue weighted by Crippen LogP contribution is 2.22. The largest absolute Gasteiger partial charge is 0.352 e. The number of carbonyl (C=O) groups is 1. The van der Waals surface area contributed by atoms with Crippen LogP contribution in [-0.2, 0) is 13.0 Å². The van der Waals surface area contributed by atoms with Gasteiger partial charge in [-0.3, -0.25) is 9.69 Å². The smallest absolute Gasteiger partial charge is 0.251 e. The maximum atomic E-state index is 12.5. The SMILES string of the molecule is CN(C)CC1CCCN1Cc1ccc(CCNC(=O)c2ccc(-c3ccc(Cl)cc3)cc2)cc1. The van der Waals surface area contributed by atoms with Crippen molar-refractivity contribution in [1.29, 1.82) is 0 Å². The van der Waals surface area contributed by atoms with Crippen molar-refractivity contribution in [3.8, 4) is 11.1 Å². The summed E-state index contributed by atoms with van der Waals surface area (Å²) in [6.45, 7) is 3.95. The van der Waals surface area contributed by atoms with Gasteiger partial charge >= 0.3 is 0 Å². The number of hydrogen-bond donors (Lipinski definition) is 1. The van der Waals surface area contributed by atoms with Crippen LogP contribution in [0, 0.1) is 0 Å². The summed E-state index contributed by atoms with van der Waals surface area (Å²) in [5.41, 5.74) is 5.42. The molecule has 1 saturated heterocycles. The summed E-state index contributed by atoms with van der Waals surface area (Å²) >= 11 is 5.96. The molecular weight excluding hydrogens is 442 g/mol. The Balaban J connectivity index is 1.24. The topological polar surface area (TPSA) is 35.6 Å². The third-order valence-electron chi connectivity index (χ3n) is 6.51. The predicted molar refractivity (Wildman–Crippen MR) is 141 cm³/mol. The minimum absolute atomic E-state index is 0.0414. The summed E-state index contributed by atoms with van der Waals surface area (Å²) in [4.78, 5) is 17.4. The molecule has 1 aliphatic heterocycles. The number of halogens is 1. The van der Waals surface area contributed by atoms with Gasteiger partial charge in [0.25, 0.3) is 5.91 Å². The summed E-state index contributed by atoms with van der Waals surface area (Å²) in [6.07, 6.45) is 3.40. The molecule has 1 atom stereocenters. The van der Waals surface area contributed by atoms with Crippen LogP contribution >= 0.6 is 11.6 Å². The first-order valence-corrected chi connectivity index (χ1v) is 12.5. The summed E-state index contributed by atoms with van der Waals surface area (Å²) in [5.74, 6) is -0.0414. The van der Waals surface area contributed by atoms with Gasteiger partial charge in [-0.25, -0.2) is 0 Å². The van der Waals surface area contributed by atoms with E-state index in [1.807, 2.05) is 48.5 Å². The summed E-state index contributed by atoms with van der Waals surface area (Å²) < 4.78 is 0. The van der Waals surface area contributed by atoms with Crippen molar-refractivity contribution in [1.82, 2.24) is 15.1 Å². The van der Waals surface area contributed by atoms with Crippen LogP contribution in [0.15, 0.2) is 72.8 Å². The molecule has 5 heteroatoms. The molecule has 0 bridgehead atoms. The van der Waals surface area contributed by atoms with E-state index in [1.165, 1.54) is 30.5 Å². The molecule has 34 heavy (non-hydrogen) atoms. The van der Waals surface area contributed by atoms with Gasteiger partial charge in [-0.05, 0) is 86.4 Å². The fourth-order valence-electron chi connectivity index (χ4n) is 4.66. The number of carbonyl (C=O) groups excluding carboxylic acids is 1. The van der Waals surface area contributed by atoms with E-state index < -0.39 is 0 Å². The van der Waals surface area contributed by atoms with Gasteiger partial charge in [0.1, 0.15) is 0 Å². The Bertz CT molecular complexity index is 1060. The highest BCUT2D eigenvalue weighted by Gasteiger charge is 2.24. The molecule has 0 aliphatic carbocycles. The van der Waals surface area contributed by atoms with Crippen LogP contribution in [0.4, 0.5) is 0 Å². The lowest BCUT2D eigenvalue weighted by atomic mass is 10.0. The van der Waals surface area contributed by atoms with E-state index in [0.717, 1.165) is 35.7 Å². The van der Waals surface area contributed by atoms with E-state index in [2.05, 4.69) is 53.5 Å². The van der Waals surface area contributed by atoms with Gasteiger partial charge in [0.15, 0.2) is 0 Å². The zero-order chi connectivity index (χ0) is 23.9. The average Bonchev–Trinajstić information content (AvgIpc) is 3.26. The van der Waals surface area contributed by atoms with Gasteiger partial charge in [0.2, 0.25) is 0 Å². The lowest BCUT2D eigenvalue weighted by Gasteiger charge is -2.27. The zero-order valence-corrected chi connectivity index (χ0v) is 20.9. The Morgan fingerprint density at radius 3 is 2.21 bits per heavy atom. The van der Waals surface area contributed by atoms with Gasteiger partial charge in [0.05, 0.1) is 0 Å². The van der Waals surface area contributed by atoms with Gasteiger partial charge in [-0.1, -0.05) is 60.1 Å². The van der Waals surface area contributed by atoms with Gasteiger partial charge in [-0.2, -0.15) is 0 Å². The second-order valence-electron chi connectivity index (χ2n) is 9.44. The number of likely N-dealkylation sites (tertiary alicyclic amines) is 1. The first-order chi connectivity index (χ1) is 16.5. The minimum Gasteiger partial charge on any atom is -0.352 e. The van der Waals surface area contributed by atoms with E-state index in [4.69, 9.17) is 11.6 Å². The minimum atomic E-state index is -0.0414. The highest BCUT2D eigenvalue weighted by molar-refractivity contribution is 6.30. The van der Waals surface area contributed by atoms with Gasteiger partial charge in [-0.15, -0.1) is 0 Å². The molecular formula is C29H34ClN3O. The third-order valence-corrected chi connectivity index (χ3v) is 6.76. The van der Waals surface area contributed by atoms with Crippen molar-refractivity contribution < 1.29 is 4.79 Å². The Morgan fingerprint density at radius 2 is 1.56 bits per heavy atom. The second-order valence-corrected chi connectivity index (χ2v) is 9.87. The van der Waals surface area contributed by atoms with Crippen LogP contribution < -0.4 is 5.32 Å². The van der Waals surface area contributed by atoms with Crippen molar-refractivity contribution in [3.63, 3.8) is 0 Å². The number of hydrogen-bond acceptors (Lipinski definition) is 3. The summed E-state index contributed by atoms with van der Waals surface area (Å²) in [7, 11) is 4.31. The lowest BCUT2D eigenvalue weighted by Crippen LogP contribution is -2.37. The molecule has 1 fully saturated rings. The molecule has 4 rings (SSSR count). The molecule has 4 nitrogen and oxygen atoms in total. The summed E-state index contributed by atoms with van der Waals surface area (Å²) in [6, 6.07) is 24.9. The van der Waals surface area contributed by atoms with Crippen LogP contribution in [-0.4, -0.2) is 55.5 Å². The van der Waals surface area contributed by atoms with Crippen molar-refractivity contribution in [2.45, 2.75) is 31.8 Å². The molecule has 3 aromatic rings. The Morgan fingerprint density at radius 1 is 0.941 bits per heavy atom. The van der Waals surface area contributed by atoms with Crippen LogP contribution in [0.3, 0.4) is 0 Å². The third kappa shape index (κ3) is 6.69. The number of likely N-dealkylation sites (N-methyl/N-ethyl adjacent to an activating group) is 1. The second kappa shape index (κ2) is 11.7. The molecule has 3 aromatic carbocycles. The van der Waals surface area contributed by atoms with Crippen LogP contribution in [0.25, 0.3) is 11.1 Å². The molecule has 0 spiro atoms. The molecule has 0 aromatic heterocycles. The molecule has 178 valence electrons. The van der Waals surface area contributed by atoms with Crippen LogP contribution in [0.5, 0.6) is 0 Å². The first kappa shape index (κ1) is 24.5. The molecule has 1 unspecified atom stereocenters. The van der Waals surface area contributed by atoms with Crippen molar-refractivity contribution in [2.75, 3.05) is 33.7 Å². The lowest BCUT2D eigenvalue weighted by molar-refractivity contribution is 0.0954. The molecule has 0 saturated carbocycles. The molecule has 1 aliphatic rings. The number of amides is 1. The highest BCUT2D eigenvalue weighted by atomic mass is 35.5. The zero-order valence-electron chi connectivity index (χ0n) is 20.1. The Labute approximate surface area is 208 Å². The number of nitrogens with one attached hydrogen (secondary N) is 1. The maximum Gasteiger partial charge on any atom is 0.251 e. The number of benzene rings is 3. The van der Waals surface area contributed by atoms with Crippen LogP contribution in [0.2, 0.25) is 5.02 Å². The molecule has 0 radical (unpaired) electrons. The monoisotopic (exact) mass is 475 g/mol. The van der Waals surface area contributed by atoms with E-state index in [9.17, 15) is 4.79 Å². The quantitative estimate of drug-likeness (QED) is 0.443. The van der Waals surface area contributed by atoms with Crippen LogP contribution in [0.1, 0.15) is 34.3 Å². The molecule has 1 amide bonds. The van der Waals surface area contributed by atoms with Crippen molar-refractivity contribution in [2.24, 2.45) is 0 Å². The predicted octanol–water partition coefficient (Wildman–Crippen LogP) is 5.51. The Kier molecular flexibility index (Phi) is 8.39. The normalized spacial score (nSPS) is 16.2. The van der Waals surface area contributed by atoms with Crippen molar-refractivity contribution in [3.05, 3.63) is 94.5 Å². The van der Waals surface area contributed by atoms with Crippen molar-refractivity contribution >= 4 is 17.5 Å². The van der Waals surface area contributed by atoms with Gasteiger partial charge < -0.3 is 10.2 Å². The van der Waals surface area contributed by atoms with Gasteiger partial charge in [0, 0.05) is 36.3 Å². The fraction of sp³-hybridized carbons (Fsp3) is 0.345. The van der Waals surface area contributed by atoms with E-state index in [-0.39, 0.29) is 5.91 Å². The first-order valence-electron chi connectivity index (χ1n) is 12.1. The number of rotatable bonds is 9. The van der Waals surface area contributed by atoms with E-state index >= 15 is 0 Å². The maximum absolute atomic E-state index is 12.5. The molecule has 1 N–H and O–H groups in total. The van der Waals surface area contributed by atoms with E-state index in [0.29, 0.717) is 18.2 Å². The molecule has 1 heterocycles. The Hall–Kier alpha value is -2.66. The average molecular weight is 476 g/mol. The summed E-state index contributed by atoms with van der Waals surface area (Å²) in [5, 5.41) is 3.76. The van der Waals surface area contributed by atoms with E-state index in [1.54, 1.807) is 0 Å². The number of nitrogens with zero attached hydrogens (tertiary/aromatic N) is 2. The standard InChI is InChI=1S/C29H34ClN3O/c1-32(2)21-28-4-3-19-33(28)20-23-7-5-22(6-8-23)17-18-31-29(34)26-11-9-24(10-12-26)25-13-15-27(30)16-14-25/h5-16,28H,3-4,17-21H2,1-2H3,(H,31,34).